The minimum absolute atomic E-state index is 0.0255. The standard InChI is InChI=1S/C41H49N9O4/c1-26-34-24-43-41(46-38(34)50(31-5-3-4-6-31)40(54)37(26)27(2)51)44-35-13-11-32(23-42-35)48-17-15-30(16-18-48)49-21-19-47(20-22-49)25-28-7-9-29(10-8-28)33-12-14-36(52)45-39(33)53/h7-11,13,23-24,30-31,33H,3-6,12,14-22,25H2,1-2H3,(H,45,52,53)(H,42,43,44,46). The van der Waals surface area contributed by atoms with Crippen LogP contribution in [0, 0.1) is 6.92 Å². The van der Waals surface area contributed by atoms with Crippen LogP contribution in [-0.4, -0.2) is 92.2 Å². The maximum absolute atomic E-state index is 13.6. The molecule has 3 aromatic heterocycles. The fraction of sp³-hybridized carbons (Fsp3) is 0.488. The summed E-state index contributed by atoms with van der Waals surface area (Å²) >= 11 is 0. The van der Waals surface area contributed by atoms with Crippen molar-refractivity contribution in [3.05, 3.63) is 81.4 Å². The Kier molecular flexibility index (Phi) is 10.3. The third-order valence-corrected chi connectivity index (χ3v) is 12.0. The monoisotopic (exact) mass is 731 g/mol. The summed E-state index contributed by atoms with van der Waals surface area (Å²) in [6.45, 7) is 10.3. The summed E-state index contributed by atoms with van der Waals surface area (Å²) in [5, 5.41) is 6.42. The van der Waals surface area contributed by atoms with E-state index in [1.807, 2.05) is 24.4 Å². The summed E-state index contributed by atoms with van der Waals surface area (Å²) in [5.41, 5.74) is 4.48. The van der Waals surface area contributed by atoms with Crippen LogP contribution in [0.15, 0.2) is 53.6 Å². The van der Waals surface area contributed by atoms with E-state index in [1.54, 1.807) is 17.7 Å². The van der Waals surface area contributed by atoms with Gasteiger partial charge in [0.2, 0.25) is 17.8 Å². The lowest BCUT2D eigenvalue weighted by atomic mass is 9.90. The maximum Gasteiger partial charge on any atom is 0.263 e. The van der Waals surface area contributed by atoms with Crippen molar-refractivity contribution in [2.75, 3.05) is 49.5 Å². The Morgan fingerprint density at radius 1 is 0.852 bits per heavy atom. The number of piperazine rings is 1. The van der Waals surface area contributed by atoms with E-state index in [0.29, 0.717) is 41.9 Å². The molecule has 3 saturated heterocycles. The highest BCUT2D eigenvalue weighted by atomic mass is 16.2. The van der Waals surface area contributed by atoms with Gasteiger partial charge in [0.1, 0.15) is 11.5 Å². The highest BCUT2D eigenvalue weighted by Gasteiger charge is 2.30. The average Bonchev–Trinajstić information content (AvgIpc) is 3.71. The van der Waals surface area contributed by atoms with Crippen LogP contribution in [0.5, 0.6) is 0 Å². The van der Waals surface area contributed by atoms with Crippen molar-refractivity contribution >= 4 is 46.1 Å². The van der Waals surface area contributed by atoms with Crippen LogP contribution in [-0.2, 0) is 16.1 Å². The number of ketones is 1. The molecule has 2 N–H and O–H groups in total. The van der Waals surface area contributed by atoms with Crippen LogP contribution in [0.25, 0.3) is 11.0 Å². The first-order valence-electron chi connectivity index (χ1n) is 19.5. The minimum Gasteiger partial charge on any atom is -0.370 e. The molecule has 54 heavy (non-hydrogen) atoms. The molecule has 4 fully saturated rings. The summed E-state index contributed by atoms with van der Waals surface area (Å²) in [6.07, 6.45) is 10.7. The van der Waals surface area contributed by atoms with Crippen LogP contribution in [0.1, 0.15) is 97.3 Å². The number of piperidine rings is 2. The number of aryl methyl sites for hydroxylation is 1. The predicted molar refractivity (Wildman–Crippen MR) is 207 cm³/mol. The van der Waals surface area contributed by atoms with E-state index in [2.05, 4.69) is 48.5 Å². The van der Waals surface area contributed by atoms with E-state index < -0.39 is 0 Å². The molecule has 282 valence electrons. The highest BCUT2D eigenvalue weighted by molar-refractivity contribution is 6.01. The number of hydrogen-bond acceptors (Lipinski definition) is 11. The molecule has 1 saturated carbocycles. The first kappa shape index (κ1) is 36.0. The van der Waals surface area contributed by atoms with Crippen LogP contribution in [0.2, 0.25) is 0 Å². The highest BCUT2D eigenvalue weighted by Crippen LogP contribution is 2.32. The molecule has 3 aliphatic heterocycles. The van der Waals surface area contributed by atoms with Crippen molar-refractivity contribution in [3.63, 3.8) is 0 Å². The van der Waals surface area contributed by atoms with Crippen LogP contribution in [0.4, 0.5) is 17.5 Å². The summed E-state index contributed by atoms with van der Waals surface area (Å²) in [7, 11) is 0. The van der Waals surface area contributed by atoms with Crippen molar-refractivity contribution in [2.24, 2.45) is 0 Å². The molecular formula is C41H49N9O4. The summed E-state index contributed by atoms with van der Waals surface area (Å²) in [5.74, 6) is 0.157. The second-order valence-electron chi connectivity index (χ2n) is 15.4. The quantitative estimate of drug-likeness (QED) is 0.180. The van der Waals surface area contributed by atoms with Gasteiger partial charge in [-0.05, 0) is 74.8 Å². The maximum atomic E-state index is 13.6. The molecule has 4 aliphatic rings. The number of imide groups is 1. The summed E-state index contributed by atoms with van der Waals surface area (Å²) in [4.78, 5) is 71.4. The number of Topliss-reactive ketones (excluding diaryl/α,β-unsaturated/α-hetero) is 1. The molecule has 1 aliphatic carbocycles. The SMILES string of the molecule is CC(=O)c1c(C)c2cnc(Nc3ccc(N4CCC(N5CCN(Cc6ccc(C7CCC(=O)NC7=O)cc6)CC5)CC4)cn3)nc2n(C2CCCC2)c1=O. The minimum atomic E-state index is -0.259. The topological polar surface area (TPSA) is 146 Å². The normalized spacial score (nSPS) is 20.8. The Bertz CT molecular complexity index is 2090. The van der Waals surface area contributed by atoms with Gasteiger partial charge < -0.3 is 10.2 Å². The molecule has 2 amide bonds. The Morgan fingerprint density at radius 2 is 1.59 bits per heavy atom. The zero-order chi connectivity index (χ0) is 37.3. The predicted octanol–water partition coefficient (Wildman–Crippen LogP) is 4.86. The molecule has 0 spiro atoms. The molecule has 0 radical (unpaired) electrons. The number of rotatable bonds is 9. The molecule has 6 heterocycles. The molecular weight excluding hydrogens is 683 g/mol. The lowest BCUT2D eigenvalue weighted by molar-refractivity contribution is -0.134. The fourth-order valence-corrected chi connectivity index (χ4v) is 8.97. The van der Waals surface area contributed by atoms with E-state index in [9.17, 15) is 19.2 Å². The van der Waals surface area contributed by atoms with Gasteiger partial charge in [0, 0.05) is 75.9 Å². The summed E-state index contributed by atoms with van der Waals surface area (Å²) in [6, 6.07) is 13.0. The van der Waals surface area contributed by atoms with Gasteiger partial charge in [0.25, 0.3) is 5.56 Å². The van der Waals surface area contributed by atoms with Crippen molar-refractivity contribution in [3.8, 4) is 0 Å². The second-order valence-corrected chi connectivity index (χ2v) is 15.4. The number of amides is 2. The van der Waals surface area contributed by atoms with Crippen molar-refractivity contribution in [1.29, 1.82) is 0 Å². The Morgan fingerprint density at radius 3 is 2.26 bits per heavy atom. The lowest BCUT2D eigenvalue weighted by Crippen LogP contribution is -2.53. The smallest absolute Gasteiger partial charge is 0.263 e. The Hall–Kier alpha value is -5.01. The molecule has 1 atom stereocenters. The van der Waals surface area contributed by atoms with Gasteiger partial charge in [0.15, 0.2) is 5.78 Å². The number of carbonyl (C=O) groups excluding carboxylic acids is 3. The largest absolute Gasteiger partial charge is 0.370 e. The molecule has 1 aromatic carbocycles. The number of fused-ring (bicyclic) bond motifs is 1. The fourth-order valence-electron chi connectivity index (χ4n) is 8.97. The third kappa shape index (κ3) is 7.39. The average molecular weight is 732 g/mol. The number of carbonyl (C=O) groups is 3. The van der Waals surface area contributed by atoms with Crippen LogP contribution < -0.4 is 21.1 Å². The zero-order valence-corrected chi connectivity index (χ0v) is 31.2. The van der Waals surface area contributed by atoms with Gasteiger partial charge in [-0.15, -0.1) is 0 Å². The van der Waals surface area contributed by atoms with E-state index in [0.717, 1.165) is 101 Å². The molecule has 13 nitrogen and oxygen atoms in total. The van der Waals surface area contributed by atoms with Crippen molar-refractivity contribution in [2.45, 2.75) is 89.8 Å². The number of hydrogen-bond donors (Lipinski definition) is 2. The second kappa shape index (κ2) is 15.4. The van der Waals surface area contributed by atoms with Crippen molar-refractivity contribution in [1.82, 2.24) is 34.6 Å². The van der Waals surface area contributed by atoms with E-state index in [1.165, 1.54) is 12.5 Å². The van der Waals surface area contributed by atoms with Gasteiger partial charge >= 0.3 is 0 Å². The van der Waals surface area contributed by atoms with Crippen molar-refractivity contribution < 1.29 is 14.4 Å². The first-order chi connectivity index (χ1) is 26.2. The van der Waals surface area contributed by atoms with Crippen LogP contribution >= 0.6 is 0 Å². The van der Waals surface area contributed by atoms with Gasteiger partial charge in [-0.1, -0.05) is 37.1 Å². The number of nitrogens with zero attached hydrogens (tertiary/aromatic N) is 7. The van der Waals surface area contributed by atoms with Crippen LogP contribution in [0.3, 0.4) is 0 Å². The number of pyridine rings is 2. The first-order valence-corrected chi connectivity index (χ1v) is 19.5. The summed E-state index contributed by atoms with van der Waals surface area (Å²) < 4.78 is 1.73. The third-order valence-electron chi connectivity index (χ3n) is 12.0. The van der Waals surface area contributed by atoms with Gasteiger partial charge in [-0.25, -0.2) is 9.97 Å². The molecule has 4 aromatic rings. The van der Waals surface area contributed by atoms with Gasteiger partial charge in [-0.3, -0.25) is 38.9 Å². The molecule has 8 rings (SSSR count). The molecule has 0 bridgehead atoms. The number of nitrogens with one attached hydrogen (secondary N) is 2. The Balaban J connectivity index is 0.835. The number of anilines is 3. The lowest BCUT2D eigenvalue weighted by Gasteiger charge is -2.43. The number of benzene rings is 1. The van der Waals surface area contributed by atoms with Gasteiger partial charge in [0.05, 0.1) is 23.4 Å². The van der Waals surface area contributed by atoms with Gasteiger partial charge in [-0.2, -0.15) is 4.98 Å². The molecule has 13 heteroatoms. The number of aromatic nitrogens is 4. The van der Waals surface area contributed by atoms with E-state index in [-0.39, 0.29) is 40.7 Å². The Labute approximate surface area is 315 Å². The molecule has 1 unspecified atom stereocenters. The van der Waals surface area contributed by atoms with E-state index >= 15 is 0 Å². The van der Waals surface area contributed by atoms with E-state index in [4.69, 9.17) is 9.97 Å². The zero-order valence-electron chi connectivity index (χ0n) is 31.2.